The number of sulfonamides is 1. The van der Waals surface area contributed by atoms with Gasteiger partial charge in [0, 0.05) is 5.02 Å². The van der Waals surface area contributed by atoms with Gasteiger partial charge in [-0.1, -0.05) is 23.7 Å². The Bertz CT molecular complexity index is 881. The maximum absolute atomic E-state index is 12.1. The topological polar surface area (TPSA) is 88.1 Å². The summed E-state index contributed by atoms with van der Waals surface area (Å²) in [6, 6.07) is 13.2. The second-order valence-corrected chi connectivity index (χ2v) is 7.66. The number of carbonyl (C=O) groups excluding carboxylic acids is 1. The third-order valence-electron chi connectivity index (χ3n) is 3.32. The van der Waals surface area contributed by atoms with Gasteiger partial charge in [0.2, 0.25) is 10.0 Å². The first-order valence-electron chi connectivity index (χ1n) is 7.49. The van der Waals surface area contributed by atoms with Crippen molar-refractivity contribution in [2.75, 3.05) is 24.2 Å². The molecule has 2 aromatic rings. The van der Waals surface area contributed by atoms with Gasteiger partial charge in [-0.2, -0.15) is 5.10 Å². The average Bonchev–Trinajstić information content (AvgIpc) is 2.60. The Morgan fingerprint density at radius 3 is 2.35 bits per heavy atom. The van der Waals surface area contributed by atoms with E-state index in [1.807, 2.05) is 0 Å². The van der Waals surface area contributed by atoms with E-state index in [0.29, 0.717) is 16.5 Å². The Hall–Kier alpha value is -2.58. The summed E-state index contributed by atoms with van der Waals surface area (Å²) in [5.74, 6) is 0.00988. The fraction of sp³-hybridized carbons (Fsp3) is 0.176. The third-order valence-corrected chi connectivity index (χ3v) is 4.71. The van der Waals surface area contributed by atoms with Gasteiger partial charge in [-0.3, -0.25) is 9.10 Å². The van der Waals surface area contributed by atoms with Crippen LogP contribution in [0.4, 0.5) is 5.69 Å². The normalized spacial score (nSPS) is 11.3. The molecule has 9 heteroatoms. The fourth-order valence-corrected chi connectivity index (χ4v) is 3.02. The second kappa shape index (κ2) is 8.68. The maximum Gasteiger partial charge on any atom is 0.260 e. The largest absolute Gasteiger partial charge is 0.497 e. The lowest BCUT2D eigenvalue weighted by Gasteiger charge is -2.21. The van der Waals surface area contributed by atoms with Crippen molar-refractivity contribution in [2.24, 2.45) is 5.10 Å². The van der Waals surface area contributed by atoms with Crippen LogP contribution < -0.4 is 14.5 Å². The number of anilines is 1. The molecule has 0 aliphatic rings. The molecule has 0 aliphatic heterocycles. The highest BCUT2D eigenvalue weighted by Crippen LogP contribution is 2.21. The number of carbonyl (C=O) groups is 1. The summed E-state index contributed by atoms with van der Waals surface area (Å²) in [6.07, 6.45) is 2.47. The summed E-state index contributed by atoms with van der Waals surface area (Å²) < 4.78 is 30.1. The number of benzene rings is 2. The van der Waals surface area contributed by atoms with Gasteiger partial charge >= 0.3 is 0 Å². The van der Waals surface area contributed by atoms with E-state index in [0.717, 1.165) is 16.1 Å². The van der Waals surface area contributed by atoms with Gasteiger partial charge in [0.25, 0.3) is 5.91 Å². The summed E-state index contributed by atoms with van der Waals surface area (Å²) in [6.45, 7) is -0.400. The van der Waals surface area contributed by atoms with Crippen LogP contribution in [0.2, 0.25) is 5.02 Å². The number of rotatable bonds is 7. The molecule has 0 radical (unpaired) electrons. The van der Waals surface area contributed by atoms with E-state index in [4.69, 9.17) is 16.3 Å². The fourth-order valence-electron chi connectivity index (χ4n) is 2.04. The zero-order valence-electron chi connectivity index (χ0n) is 14.2. The van der Waals surface area contributed by atoms with Gasteiger partial charge in [0.15, 0.2) is 0 Å². The van der Waals surface area contributed by atoms with Crippen molar-refractivity contribution in [2.45, 2.75) is 0 Å². The van der Waals surface area contributed by atoms with Crippen molar-refractivity contribution in [3.8, 4) is 5.75 Å². The highest BCUT2D eigenvalue weighted by atomic mass is 35.5. The molecule has 0 spiro atoms. The first-order chi connectivity index (χ1) is 12.3. The number of nitrogens with zero attached hydrogens (tertiary/aromatic N) is 2. The van der Waals surface area contributed by atoms with Crippen molar-refractivity contribution < 1.29 is 17.9 Å². The summed E-state index contributed by atoms with van der Waals surface area (Å²) in [5.41, 5.74) is 3.40. The van der Waals surface area contributed by atoms with Gasteiger partial charge in [-0.15, -0.1) is 0 Å². The summed E-state index contributed by atoms with van der Waals surface area (Å²) in [4.78, 5) is 12.1. The molecule has 0 fully saturated rings. The lowest BCUT2D eigenvalue weighted by Crippen LogP contribution is -2.39. The number of halogens is 1. The predicted octanol–water partition coefficient (Wildman–Crippen LogP) is 2.26. The molecule has 2 aromatic carbocycles. The number of hydrogen-bond donors (Lipinski definition) is 1. The molecule has 7 nitrogen and oxygen atoms in total. The molecule has 2 rings (SSSR count). The number of hydrogen-bond acceptors (Lipinski definition) is 5. The van der Waals surface area contributed by atoms with Gasteiger partial charge in [-0.05, 0) is 42.0 Å². The van der Waals surface area contributed by atoms with E-state index >= 15 is 0 Å². The van der Waals surface area contributed by atoms with E-state index in [9.17, 15) is 13.2 Å². The molecule has 26 heavy (non-hydrogen) atoms. The molecule has 0 heterocycles. The van der Waals surface area contributed by atoms with Gasteiger partial charge in [0.05, 0.1) is 25.3 Å². The Morgan fingerprint density at radius 2 is 1.81 bits per heavy atom. The lowest BCUT2D eigenvalue weighted by molar-refractivity contribution is -0.119. The second-order valence-electron chi connectivity index (χ2n) is 5.31. The van der Waals surface area contributed by atoms with Crippen molar-refractivity contribution >= 4 is 39.4 Å². The van der Waals surface area contributed by atoms with Crippen LogP contribution in [0.15, 0.2) is 53.6 Å². The van der Waals surface area contributed by atoms with Crippen molar-refractivity contribution in [1.29, 1.82) is 0 Å². The minimum Gasteiger partial charge on any atom is -0.497 e. The van der Waals surface area contributed by atoms with Crippen LogP contribution in [-0.4, -0.2) is 40.4 Å². The predicted molar refractivity (Wildman–Crippen MR) is 102 cm³/mol. The van der Waals surface area contributed by atoms with E-state index in [-0.39, 0.29) is 0 Å². The zero-order valence-corrected chi connectivity index (χ0v) is 15.8. The van der Waals surface area contributed by atoms with Crippen LogP contribution in [0.5, 0.6) is 5.75 Å². The standard InChI is InChI=1S/C17H18ClN3O4S/c1-25-16-9-7-15(8-10-16)21(26(2,23)24)12-17(22)20-19-11-13-3-5-14(18)6-4-13/h3-11H,12H2,1-2H3,(H,20,22)/b19-11-. The highest BCUT2D eigenvalue weighted by molar-refractivity contribution is 7.92. The minimum atomic E-state index is -3.65. The Morgan fingerprint density at radius 1 is 1.19 bits per heavy atom. The monoisotopic (exact) mass is 395 g/mol. The molecule has 0 bridgehead atoms. The van der Waals surface area contributed by atoms with E-state index < -0.39 is 22.5 Å². The molecule has 0 atom stereocenters. The maximum atomic E-state index is 12.1. The summed E-state index contributed by atoms with van der Waals surface area (Å²) in [5, 5.41) is 4.41. The molecule has 1 N–H and O–H groups in total. The van der Waals surface area contributed by atoms with Crippen LogP contribution >= 0.6 is 11.6 Å². The zero-order chi connectivity index (χ0) is 19.2. The van der Waals surface area contributed by atoms with E-state index in [1.54, 1.807) is 48.5 Å². The molecular weight excluding hydrogens is 378 g/mol. The van der Waals surface area contributed by atoms with Gasteiger partial charge in [0.1, 0.15) is 12.3 Å². The average molecular weight is 396 g/mol. The number of methoxy groups -OCH3 is 1. The molecule has 0 unspecified atom stereocenters. The molecule has 1 amide bonds. The first kappa shape index (κ1) is 19.7. The van der Waals surface area contributed by atoms with E-state index in [1.165, 1.54) is 13.3 Å². The van der Waals surface area contributed by atoms with Crippen LogP contribution in [0, 0.1) is 0 Å². The molecule has 0 saturated heterocycles. The highest BCUT2D eigenvalue weighted by Gasteiger charge is 2.20. The van der Waals surface area contributed by atoms with Gasteiger partial charge < -0.3 is 4.74 Å². The number of hydrazone groups is 1. The molecule has 0 aromatic heterocycles. The summed E-state index contributed by atoms with van der Waals surface area (Å²) >= 11 is 5.79. The Balaban J connectivity index is 2.05. The van der Waals surface area contributed by atoms with Crippen LogP contribution in [0.1, 0.15) is 5.56 Å². The van der Waals surface area contributed by atoms with Crippen LogP contribution in [0.3, 0.4) is 0 Å². The van der Waals surface area contributed by atoms with Crippen LogP contribution in [0.25, 0.3) is 0 Å². The van der Waals surface area contributed by atoms with Crippen molar-refractivity contribution in [3.05, 3.63) is 59.1 Å². The molecule has 138 valence electrons. The smallest absolute Gasteiger partial charge is 0.260 e. The van der Waals surface area contributed by atoms with Crippen molar-refractivity contribution in [3.63, 3.8) is 0 Å². The molecule has 0 saturated carbocycles. The number of ether oxygens (including phenoxy) is 1. The quantitative estimate of drug-likeness (QED) is 0.575. The number of nitrogens with one attached hydrogen (secondary N) is 1. The first-order valence-corrected chi connectivity index (χ1v) is 9.71. The van der Waals surface area contributed by atoms with Gasteiger partial charge in [-0.25, -0.2) is 13.8 Å². The van der Waals surface area contributed by atoms with Crippen molar-refractivity contribution in [1.82, 2.24) is 5.43 Å². The summed E-state index contributed by atoms with van der Waals surface area (Å²) in [7, 11) is -2.14. The Kier molecular flexibility index (Phi) is 6.59. The molecular formula is C17H18ClN3O4S. The third kappa shape index (κ3) is 5.75. The number of amides is 1. The van der Waals surface area contributed by atoms with Crippen LogP contribution in [-0.2, 0) is 14.8 Å². The minimum absolute atomic E-state index is 0.352. The SMILES string of the molecule is COc1ccc(N(CC(=O)N/N=C\c2ccc(Cl)cc2)S(C)(=O)=O)cc1. The Labute approximate surface area is 157 Å². The lowest BCUT2D eigenvalue weighted by atomic mass is 10.2. The van der Waals surface area contributed by atoms with E-state index in [2.05, 4.69) is 10.5 Å². The molecule has 0 aliphatic carbocycles.